The first-order valence-corrected chi connectivity index (χ1v) is 7.56. The van der Waals surface area contributed by atoms with Gasteiger partial charge in [-0.3, -0.25) is 0 Å². The Balaban J connectivity index is 1.60. The zero-order valence-corrected chi connectivity index (χ0v) is 12.0. The molecule has 1 aromatic carbocycles. The first-order chi connectivity index (χ1) is 10.2. The lowest BCUT2D eigenvalue weighted by Crippen LogP contribution is -2.13. The van der Waals surface area contributed by atoms with Crippen LogP contribution in [0.5, 0.6) is 0 Å². The molecule has 1 fully saturated rings. The second kappa shape index (κ2) is 6.31. The zero-order valence-electron chi connectivity index (χ0n) is 12.0. The average molecular weight is 288 g/mol. The fourth-order valence-electron chi connectivity index (χ4n) is 2.99. The molecule has 0 amide bonds. The van der Waals surface area contributed by atoms with Gasteiger partial charge in [-0.15, -0.1) is 0 Å². The highest BCUT2D eigenvalue weighted by atomic mass is 16.5. The number of furan rings is 1. The van der Waals surface area contributed by atoms with Crippen molar-refractivity contribution in [3.05, 3.63) is 35.6 Å². The van der Waals surface area contributed by atoms with Crippen molar-refractivity contribution in [2.45, 2.75) is 38.7 Å². The molecule has 0 spiro atoms. The van der Waals surface area contributed by atoms with Gasteiger partial charge in [-0.05, 0) is 42.5 Å². The number of hydrogen-bond acceptors (Lipinski definition) is 3. The fourth-order valence-corrected chi connectivity index (χ4v) is 2.99. The predicted octanol–water partition coefficient (Wildman–Crippen LogP) is 4.23. The topological polar surface area (TPSA) is 59.7 Å². The van der Waals surface area contributed by atoms with Gasteiger partial charge < -0.3 is 14.3 Å². The van der Waals surface area contributed by atoms with Crippen LogP contribution in [0.25, 0.3) is 11.0 Å². The van der Waals surface area contributed by atoms with Gasteiger partial charge in [-0.25, -0.2) is 4.79 Å². The highest BCUT2D eigenvalue weighted by molar-refractivity contribution is 5.91. The molecule has 1 heterocycles. The van der Waals surface area contributed by atoms with Crippen LogP contribution in [0.3, 0.4) is 0 Å². The van der Waals surface area contributed by atoms with Crippen molar-refractivity contribution in [3.8, 4) is 0 Å². The SMILES string of the molecule is O=C(O)c1cc2cc(COCC3CCCCC3)ccc2o1. The Bertz CT molecular complexity index is 623. The summed E-state index contributed by atoms with van der Waals surface area (Å²) in [5.41, 5.74) is 1.65. The summed E-state index contributed by atoms with van der Waals surface area (Å²) in [7, 11) is 0. The first-order valence-electron chi connectivity index (χ1n) is 7.56. The molecule has 1 N–H and O–H groups in total. The summed E-state index contributed by atoms with van der Waals surface area (Å²) < 4.78 is 11.1. The number of ether oxygens (including phenoxy) is 1. The number of aromatic carboxylic acids is 1. The van der Waals surface area contributed by atoms with Gasteiger partial charge in [0.15, 0.2) is 0 Å². The highest BCUT2D eigenvalue weighted by Crippen LogP contribution is 2.25. The molecule has 4 heteroatoms. The molecule has 1 saturated carbocycles. The van der Waals surface area contributed by atoms with Crippen molar-refractivity contribution in [2.75, 3.05) is 6.61 Å². The van der Waals surface area contributed by atoms with Gasteiger partial charge in [0.25, 0.3) is 0 Å². The molecule has 0 saturated heterocycles. The molecule has 112 valence electrons. The number of benzene rings is 1. The zero-order chi connectivity index (χ0) is 14.7. The van der Waals surface area contributed by atoms with Gasteiger partial charge in [0.1, 0.15) is 5.58 Å². The maximum Gasteiger partial charge on any atom is 0.371 e. The van der Waals surface area contributed by atoms with Crippen LogP contribution < -0.4 is 0 Å². The summed E-state index contributed by atoms with van der Waals surface area (Å²) in [4.78, 5) is 10.9. The molecule has 1 aliphatic carbocycles. The third kappa shape index (κ3) is 3.45. The lowest BCUT2D eigenvalue weighted by molar-refractivity contribution is 0.0665. The number of carbonyl (C=O) groups is 1. The molecule has 0 radical (unpaired) electrons. The van der Waals surface area contributed by atoms with E-state index < -0.39 is 5.97 Å². The fraction of sp³-hybridized carbons (Fsp3) is 0.471. The predicted molar refractivity (Wildman–Crippen MR) is 79.4 cm³/mol. The van der Waals surface area contributed by atoms with E-state index in [0.717, 1.165) is 17.6 Å². The van der Waals surface area contributed by atoms with Crippen LogP contribution in [0.2, 0.25) is 0 Å². The van der Waals surface area contributed by atoms with Crippen molar-refractivity contribution >= 4 is 16.9 Å². The van der Waals surface area contributed by atoms with Crippen LogP contribution in [0.1, 0.15) is 48.2 Å². The van der Waals surface area contributed by atoms with Crippen LogP contribution in [-0.4, -0.2) is 17.7 Å². The van der Waals surface area contributed by atoms with E-state index in [1.54, 1.807) is 12.1 Å². The molecule has 4 nitrogen and oxygen atoms in total. The molecule has 0 aliphatic heterocycles. The summed E-state index contributed by atoms with van der Waals surface area (Å²) in [5.74, 6) is -0.360. The van der Waals surface area contributed by atoms with E-state index in [2.05, 4.69) is 0 Å². The van der Waals surface area contributed by atoms with Gasteiger partial charge >= 0.3 is 5.97 Å². The van der Waals surface area contributed by atoms with Crippen LogP contribution >= 0.6 is 0 Å². The van der Waals surface area contributed by atoms with Gasteiger partial charge in [-0.1, -0.05) is 25.3 Å². The standard InChI is InChI=1S/C17H20O4/c18-17(19)16-9-14-8-13(6-7-15(14)21-16)11-20-10-12-4-2-1-3-5-12/h6-9,12H,1-5,10-11H2,(H,18,19). The summed E-state index contributed by atoms with van der Waals surface area (Å²) in [5, 5.41) is 9.73. The van der Waals surface area contributed by atoms with Gasteiger partial charge in [-0.2, -0.15) is 0 Å². The van der Waals surface area contributed by atoms with Crippen molar-refractivity contribution in [3.63, 3.8) is 0 Å². The van der Waals surface area contributed by atoms with Crippen molar-refractivity contribution in [1.29, 1.82) is 0 Å². The number of hydrogen-bond donors (Lipinski definition) is 1. The molecular formula is C17H20O4. The van der Waals surface area contributed by atoms with Gasteiger partial charge in [0, 0.05) is 12.0 Å². The van der Waals surface area contributed by atoms with E-state index in [9.17, 15) is 4.79 Å². The highest BCUT2D eigenvalue weighted by Gasteiger charge is 2.14. The van der Waals surface area contributed by atoms with E-state index in [1.807, 2.05) is 12.1 Å². The molecule has 21 heavy (non-hydrogen) atoms. The van der Waals surface area contributed by atoms with E-state index in [4.69, 9.17) is 14.3 Å². The number of rotatable bonds is 5. The van der Waals surface area contributed by atoms with Crippen LogP contribution in [-0.2, 0) is 11.3 Å². The van der Waals surface area contributed by atoms with E-state index >= 15 is 0 Å². The number of fused-ring (bicyclic) bond motifs is 1. The van der Waals surface area contributed by atoms with E-state index in [1.165, 1.54) is 32.1 Å². The summed E-state index contributed by atoms with van der Waals surface area (Å²) in [6.07, 6.45) is 6.57. The van der Waals surface area contributed by atoms with E-state index in [0.29, 0.717) is 18.1 Å². The lowest BCUT2D eigenvalue weighted by Gasteiger charge is -2.21. The Morgan fingerprint density at radius 3 is 2.81 bits per heavy atom. The van der Waals surface area contributed by atoms with Crippen LogP contribution in [0.4, 0.5) is 0 Å². The molecule has 1 aliphatic rings. The summed E-state index contributed by atoms with van der Waals surface area (Å²) in [6, 6.07) is 7.23. The molecule has 3 rings (SSSR count). The van der Waals surface area contributed by atoms with Crippen LogP contribution in [0, 0.1) is 5.92 Å². The first kappa shape index (κ1) is 14.1. The second-order valence-electron chi connectivity index (χ2n) is 5.81. The normalized spacial score (nSPS) is 16.4. The quantitative estimate of drug-likeness (QED) is 0.894. The monoisotopic (exact) mass is 288 g/mol. The molecule has 1 aromatic heterocycles. The molecular weight excluding hydrogens is 268 g/mol. The number of carboxylic acids is 1. The van der Waals surface area contributed by atoms with Gasteiger partial charge in [0.05, 0.1) is 6.61 Å². The minimum atomic E-state index is -1.04. The third-order valence-corrected chi connectivity index (χ3v) is 4.14. The van der Waals surface area contributed by atoms with E-state index in [-0.39, 0.29) is 5.76 Å². The summed E-state index contributed by atoms with van der Waals surface area (Å²) >= 11 is 0. The third-order valence-electron chi connectivity index (χ3n) is 4.14. The van der Waals surface area contributed by atoms with Crippen LogP contribution in [0.15, 0.2) is 28.7 Å². The minimum absolute atomic E-state index is 0.0229. The molecule has 0 unspecified atom stereocenters. The maximum atomic E-state index is 10.9. The smallest absolute Gasteiger partial charge is 0.371 e. The Hall–Kier alpha value is -1.81. The van der Waals surface area contributed by atoms with Crippen molar-refractivity contribution in [2.24, 2.45) is 5.92 Å². The Morgan fingerprint density at radius 2 is 2.05 bits per heavy atom. The molecule has 0 bridgehead atoms. The molecule has 0 atom stereocenters. The Kier molecular flexibility index (Phi) is 4.25. The van der Waals surface area contributed by atoms with Crippen molar-refractivity contribution in [1.82, 2.24) is 0 Å². The Labute approximate surface area is 123 Å². The van der Waals surface area contributed by atoms with Crippen molar-refractivity contribution < 1.29 is 19.1 Å². The molecule has 2 aromatic rings. The number of carboxylic acid groups (broad SMARTS) is 1. The average Bonchev–Trinajstić information content (AvgIpc) is 2.92. The maximum absolute atomic E-state index is 10.9. The van der Waals surface area contributed by atoms with Gasteiger partial charge in [0.2, 0.25) is 5.76 Å². The minimum Gasteiger partial charge on any atom is -0.475 e. The second-order valence-corrected chi connectivity index (χ2v) is 5.81. The summed E-state index contributed by atoms with van der Waals surface area (Å²) in [6.45, 7) is 1.39. The lowest BCUT2D eigenvalue weighted by atomic mass is 9.90. The largest absolute Gasteiger partial charge is 0.475 e. The Morgan fingerprint density at radius 1 is 1.24 bits per heavy atom.